The molecule has 1 unspecified atom stereocenters. The first-order valence-corrected chi connectivity index (χ1v) is 8.54. The van der Waals surface area contributed by atoms with Crippen molar-refractivity contribution >= 4 is 22.0 Å². The summed E-state index contributed by atoms with van der Waals surface area (Å²) in [7, 11) is 0. The highest BCUT2D eigenvalue weighted by molar-refractivity contribution is 9.10. The fraction of sp³-hybridized carbons (Fsp3) is 0.588. The summed E-state index contributed by atoms with van der Waals surface area (Å²) in [6, 6.07) is 9.16. The summed E-state index contributed by atoms with van der Waals surface area (Å²) in [6.45, 7) is 7.78. The van der Waals surface area contributed by atoms with Gasteiger partial charge in [0.25, 0.3) is 0 Å². The molecule has 0 bridgehead atoms. The average molecular weight is 369 g/mol. The van der Waals surface area contributed by atoms with Gasteiger partial charge in [-0.3, -0.25) is 0 Å². The molecule has 0 spiro atoms. The molecule has 0 aliphatic heterocycles. The van der Waals surface area contributed by atoms with Crippen molar-refractivity contribution in [2.75, 3.05) is 0 Å². The molecule has 1 aliphatic rings. The zero-order valence-electron chi connectivity index (χ0n) is 13.7. The van der Waals surface area contributed by atoms with Gasteiger partial charge in [0.15, 0.2) is 0 Å². The number of ether oxygens (including phenoxy) is 1. The fourth-order valence-corrected chi connectivity index (χ4v) is 3.24. The van der Waals surface area contributed by atoms with E-state index in [0.717, 1.165) is 17.3 Å². The molecule has 1 saturated carbocycles. The van der Waals surface area contributed by atoms with E-state index >= 15 is 0 Å². The third-order valence-electron chi connectivity index (χ3n) is 3.72. The van der Waals surface area contributed by atoms with Crippen LogP contribution in [-0.2, 0) is 4.74 Å². The minimum atomic E-state index is -0.445. The number of carbonyl (C=O) groups is 1. The molecule has 1 atom stereocenters. The zero-order valence-corrected chi connectivity index (χ0v) is 15.2. The first kappa shape index (κ1) is 17.3. The van der Waals surface area contributed by atoms with Crippen molar-refractivity contribution in [3.05, 3.63) is 34.3 Å². The maximum Gasteiger partial charge on any atom is 0.407 e. The van der Waals surface area contributed by atoms with Gasteiger partial charge in [0.2, 0.25) is 0 Å². The first-order chi connectivity index (χ1) is 10.2. The van der Waals surface area contributed by atoms with Crippen molar-refractivity contribution in [1.29, 1.82) is 0 Å². The van der Waals surface area contributed by atoms with Gasteiger partial charge >= 0.3 is 6.09 Å². The van der Waals surface area contributed by atoms with Crippen LogP contribution in [0.2, 0.25) is 0 Å². The first-order valence-electron chi connectivity index (χ1n) is 7.74. The Bertz CT molecular complexity index is 522. The summed E-state index contributed by atoms with van der Waals surface area (Å²) in [5.41, 5.74) is 0.811. The minimum absolute atomic E-state index is 0.207. The van der Waals surface area contributed by atoms with Gasteiger partial charge in [0.05, 0.1) is 0 Å². The number of alkyl carbamates (subject to hydrolysis) is 1. The topological polar surface area (TPSA) is 50.4 Å². The standard InChI is InChI=1S/C17H25BrN2O2/c1-11(14-7-5-6-8-15(14)18)19-12-9-13(10-12)20-16(21)22-17(2,3)4/h5-8,11-13,19H,9-10H2,1-4H3,(H,20,21). The van der Waals surface area contributed by atoms with Gasteiger partial charge in [-0.1, -0.05) is 34.1 Å². The van der Waals surface area contributed by atoms with Crippen LogP contribution in [0.5, 0.6) is 0 Å². The Labute approximate surface area is 141 Å². The molecule has 1 fully saturated rings. The maximum absolute atomic E-state index is 11.7. The molecule has 1 amide bonds. The molecule has 1 aromatic carbocycles. The Morgan fingerprint density at radius 2 is 1.91 bits per heavy atom. The molecule has 0 aromatic heterocycles. The summed E-state index contributed by atoms with van der Waals surface area (Å²) in [6.07, 6.45) is 1.55. The van der Waals surface area contributed by atoms with Crippen LogP contribution in [0, 0.1) is 0 Å². The number of amides is 1. The second-order valence-electron chi connectivity index (χ2n) is 6.92. The Morgan fingerprint density at radius 3 is 2.50 bits per heavy atom. The minimum Gasteiger partial charge on any atom is -0.444 e. The van der Waals surface area contributed by atoms with Crippen molar-refractivity contribution in [3.8, 4) is 0 Å². The number of hydrogen-bond donors (Lipinski definition) is 2. The van der Waals surface area contributed by atoms with Gasteiger partial charge in [0, 0.05) is 22.6 Å². The third-order valence-corrected chi connectivity index (χ3v) is 4.44. The molecular weight excluding hydrogens is 344 g/mol. The molecule has 2 rings (SSSR count). The largest absolute Gasteiger partial charge is 0.444 e. The average Bonchev–Trinajstić information content (AvgIpc) is 2.34. The van der Waals surface area contributed by atoms with Crippen LogP contribution in [0.4, 0.5) is 4.79 Å². The molecule has 2 N–H and O–H groups in total. The lowest BCUT2D eigenvalue weighted by Gasteiger charge is -2.38. The van der Waals surface area contributed by atoms with E-state index in [-0.39, 0.29) is 18.2 Å². The lowest BCUT2D eigenvalue weighted by Crippen LogP contribution is -2.53. The highest BCUT2D eigenvalue weighted by Crippen LogP contribution is 2.27. The highest BCUT2D eigenvalue weighted by Gasteiger charge is 2.32. The summed E-state index contributed by atoms with van der Waals surface area (Å²) in [5, 5.41) is 6.52. The molecule has 0 saturated heterocycles. The van der Waals surface area contributed by atoms with Crippen molar-refractivity contribution < 1.29 is 9.53 Å². The lowest BCUT2D eigenvalue weighted by molar-refractivity contribution is 0.0463. The molecule has 122 valence electrons. The number of benzene rings is 1. The van der Waals surface area contributed by atoms with Crippen molar-refractivity contribution in [3.63, 3.8) is 0 Å². The summed E-state index contributed by atoms with van der Waals surface area (Å²) in [4.78, 5) is 11.7. The number of nitrogens with one attached hydrogen (secondary N) is 2. The molecule has 0 radical (unpaired) electrons. The van der Waals surface area contributed by atoms with Gasteiger partial charge in [-0.05, 0) is 52.2 Å². The van der Waals surface area contributed by atoms with Crippen LogP contribution in [0.15, 0.2) is 28.7 Å². The smallest absolute Gasteiger partial charge is 0.407 e. The van der Waals surface area contributed by atoms with E-state index < -0.39 is 5.60 Å². The molecular formula is C17H25BrN2O2. The number of halogens is 1. The van der Waals surface area contributed by atoms with Crippen LogP contribution < -0.4 is 10.6 Å². The molecule has 4 nitrogen and oxygen atoms in total. The number of rotatable bonds is 4. The molecule has 1 aliphatic carbocycles. The van der Waals surface area contributed by atoms with Crippen LogP contribution >= 0.6 is 15.9 Å². The normalized spacial score (nSPS) is 22.6. The summed E-state index contributed by atoms with van der Waals surface area (Å²) >= 11 is 3.59. The maximum atomic E-state index is 11.7. The van der Waals surface area contributed by atoms with Crippen LogP contribution in [0.25, 0.3) is 0 Å². The molecule has 0 heterocycles. The number of hydrogen-bond acceptors (Lipinski definition) is 3. The predicted octanol–water partition coefficient (Wildman–Crippen LogP) is 4.16. The van der Waals surface area contributed by atoms with Crippen molar-refractivity contribution in [2.24, 2.45) is 0 Å². The van der Waals surface area contributed by atoms with E-state index in [4.69, 9.17) is 4.74 Å². The second kappa shape index (κ2) is 7.01. The van der Waals surface area contributed by atoms with Crippen molar-refractivity contribution in [2.45, 2.75) is 64.3 Å². The van der Waals surface area contributed by atoms with Crippen LogP contribution in [0.1, 0.15) is 52.1 Å². The van der Waals surface area contributed by atoms with E-state index in [2.05, 4.69) is 45.6 Å². The molecule has 22 heavy (non-hydrogen) atoms. The van der Waals surface area contributed by atoms with E-state index in [1.165, 1.54) is 5.56 Å². The summed E-state index contributed by atoms with van der Waals surface area (Å²) in [5.74, 6) is 0. The highest BCUT2D eigenvalue weighted by atomic mass is 79.9. The van der Waals surface area contributed by atoms with Gasteiger partial charge in [-0.2, -0.15) is 0 Å². The van der Waals surface area contributed by atoms with Crippen LogP contribution in [-0.4, -0.2) is 23.8 Å². The molecule has 5 heteroatoms. The van der Waals surface area contributed by atoms with Crippen LogP contribution in [0.3, 0.4) is 0 Å². The van der Waals surface area contributed by atoms with Gasteiger partial charge in [-0.15, -0.1) is 0 Å². The predicted molar refractivity (Wildman–Crippen MR) is 91.9 cm³/mol. The van der Waals surface area contributed by atoms with Crippen molar-refractivity contribution in [1.82, 2.24) is 10.6 Å². The third kappa shape index (κ3) is 4.99. The fourth-order valence-electron chi connectivity index (χ4n) is 2.62. The Hall–Kier alpha value is -1.07. The van der Waals surface area contributed by atoms with E-state index in [9.17, 15) is 4.79 Å². The van der Waals surface area contributed by atoms with Gasteiger partial charge in [0.1, 0.15) is 5.60 Å². The van der Waals surface area contributed by atoms with Gasteiger partial charge in [-0.25, -0.2) is 4.79 Å². The molecule has 1 aromatic rings. The van der Waals surface area contributed by atoms with Gasteiger partial charge < -0.3 is 15.4 Å². The van der Waals surface area contributed by atoms with E-state index in [0.29, 0.717) is 6.04 Å². The van der Waals surface area contributed by atoms with E-state index in [1.807, 2.05) is 32.9 Å². The zero-order chi connectivity index (χ0) is 16.3. The lowest BCUT2D eigenvalue weighted by atomic mass is 9.86. The quantitative estimate of drug-likeness (QED) is 0.838. The van der Waals surface area contributed by atoms with E-state index in [1.54, 1.807) is 0 Å². The Kier molecular flexibility index (Phi) is 5.50. The monoisotopic (exact) mass is 368 g/mol. The Balaban J connectivity index is 1.73. The SMILES string of the molecule is CC(NC1CC(NC(=O)OC(C)(C)C)C1)c1ccccc1Br. The Morgan fingerprint density at radius 1 is 1.27 bits per heavy atom. The number of carbonyl (C=O) groups excluding carboxylic acids is 1. The summed E-state index contributed by atoms with van der Waals surface area (Å²) < 4.78 is 6.39. The second-order valence-corrected chi connectivity index (χ2v) is 7.78.